The number of hydrogen-bond acceptors (Lipinski definition) is 3. The minimum atomic E-state index is 0.408. The second kappa shape index (κ2) is 2.77. The van der Waals surface area contributed by atoms with E-state index in [2.05, 4.69) is 27.7 Å². The number of nitrogens with zero attached hydrogens (tertiary/aromatic N) is 1. The van der Waals surface area contributed by atoms with Crippen molar-refractivity contribution in [1.82, 2.24) is 5.16 Å². The van der Waals surface area contributed by atoms with Crippen molar-refractivity contribution in [3.05, 3.63) is 20.7 Å². The molecule has 0 amide bonds. The van der Waals surface area contributed by atoms with Crippen LogP contribution in [0.2, 0.25) is 5.02 Å². The molecule has 0 unspecified atom stereocenters. The third-order valence-electron chi connectivity index (χ3n) is 1.52. The van der Waals surface area contributed by atoms with Crippen LogP contribution in [0.3, 0.4) is 0 Å². The SMILES string of the molecule is Nc1noc2cc(Cl)cc(I)c12. The quantitative estimate of drug-likeness (QED) is 0.760. The van der Waals surface area contributed by atoms with Crippen molar-refractivity contribution >= 4 is 51.0 Å². The monoisotopic (exact) mass is 294 g/mol. The van der Waals surface area contributed by atoms with Crippen LogP contribution in [0.1, 0.15) is 0 Å². The fourth-order valence-electron chi connectivity index (χ4n) is 1.01. The lowest BCUT2D eigenvalue weighted by Crippen LogP contribution is -1.85. The summed E-state index contributed by atoms with van der Waals surface area (Å²) in [7, 11) is 0. The van der Waals surface area contributed by atoms with Gasteiger partial charge in [0.1, 0.15) is 0 Å². The van der Waals surface area contributed by atoms with Gasteiger partial charge in [-0.2, -0.15) is 0 Å². The molecule has 0 aliphatic carbocycles. The molecule has 3 nitrogen and oxygen atoms in total. The highest BCUT2D eigenvalue weighted by molar-refractivity contribution is 14.1. The van der Waals surface area contributed by atoms with E-state index in [-0.39, 0.29) is 0 Å². The van der Waals surface area contributed by atoms with Crippen LogP contribution >= 0.6 is 34.2 Å². The molecule has 2 aromatic rings. The molecular weight excluding hydrogens is 290 g/mol. The van der Waals surface area contributed by atoms with Gasteiger partial charge >= 0.3 is 0 Å². The molecule has 0 spiro atoms. The summed E-state index contributed by atoms with van der Waals surface area (Å²) in [6.07, 6.45) is 0. The zero-order valence-electron chi connectivity index (χ0n) is 5.84. The standard InChI is InChI=1S/C7H4ClIN2O/c8-3-1-4(9)6-5(2-3)12-11-7(6)10/h1-2H,(H2,10,11). The van der Waals surface area contributed by atoms with Gasteiger partial charge in [0.05, 0.1) is 5.39 Å². The van der Waals surface area contributed by atoms with Crippen molar-refractivity contribution in [2.75, 3.05) is 5.73 Å². The summed E-state index contributed by atoms with van der Waals surface area (Å²) in [6, 6.07) is 3.51. The first-order chi connectivity index (χ1) is 5.68. The van der Waals surface area contributed by atoms with E-state index < -0.39 is 0 Å². The molecule has 1 aromatic heterocycles. The number of nitrogens with two attached hydrogens (primary N) is 1. The van der Waals surface area contributed by atoms with E-state index in [9.17, 15) is 0 Å². The predicted molar refractivity (Wildman–Crippen MR) is 56.1 cm³/mol. The van der Waals surface area contributed by atoms with Crippen LogP contribution in [0, 0.1) is 3.57 Å². The average molecular weight is 294 g/mol. The molecule has 0 bridgehead atoms. The molecule has 2 rings (SSSR count). The minimum Gasteiger partial charge on any atom is -0.380 e. The Labute approximate surface area is 87.0 Å². The van der Waals surface area contributed by atoms with Gasteiger partial charge in [-0.15, -0.1) is 0 Å². The highest BCUT2D eigenvalue weighted by Crippen LogP contribution is 2.28. The number of hydrogen-bond donors (Lipinski definition) is 1. The zero-order valence-corrected chi connectivity index (χ0v) is 8.76. The Morgan fingerprint density at radius 2 is 2.25 bits per heavy atom. The van der Waals surface area contributed by atoms with Gasteiger partial charge in [0.25, 0.3) is 0 Å². The molecule has 62 valence electrons. The van der Waals surface area contributed by atoms with Crippen molar-refractivity contribution in [2.45, 2.75) is 0 Å². The minimum absolute atomic E-state index is 0.408. The molecule has 0 atom stereocenters. The summed E-state index contributed by atoms with van der Waals surface area (Å²) in [4.78, 5) is 0. The lowest BCUT2D eigenvalue weighted by atomic mass is 10.2. The number of halogens is 2. The maximum Gasteiger partial charge on any atom is 0.175 e. The molecule has 0 radical (unpaired) electrons. The third kappa shape index (κ3) is 1.15. The maximum atomic E-state index is 5.80. The topological polar surface area (TPSA) is 52.0 Å². The summed E-state index contributed by atoms with van der Waals surface area (Å²) in [6.45, 7) is 0. The number of aromatic nitrogens is 1. The highest BCUT2D eigenvalue weighted by atomic mass is 127. The first-order valence-electron chi connectivity index (χ1n) is 3.18. The Morgan fingerprint density at radius 3 is 3.00 bits per heavy atom. The van der Waals surface area contributed by atoms with Gasteiger partial charge in [0.2, 0.25) is 0 Å². The molecule has 0 aliphatic heterocycles. The van der Waals surface area contributed by atoms with Gasteiger partial charge < -0.3 is 10.3 Å². The maximum absolute atomic E-state index is 5.80. The number of nitrogen functional groups attached to an aromatic ring is 1. The Morgan fingerprint density at radius 1 is 1.50 bits per heavy atom. The first-order valence-corrected chi connectivity index (χ1v) is 4.64. The number of anilines is 1. The second-order valence-electron chi connectivity index (χ2n) is 2.33. The Kier molecular flexibility index (Phi) is 1.88. The van der Waals surface area contributed by atoms with Crippen LogP contribution in [0.15, 0.2) is 16.7 Å². The van der Waals surface area contributed by atoms with E-state index in [0.717, 1.165) is 8.96 Å². The van der Waals surface area contributed by atoms with Crippen LogP contribution < -0.4 is 5.73 Å². The molecule has 12 heavy (non-hydrogen) atoms. The fraction of sp³-hybridized carbons (Fsp3) is 0. The van der Waals surface area contributed by atoms with Gasteiger partial charge in [-0.1, -0.05) is 16.8 Å². The van der Waals surface area contributed by atoms with Gasteiger partial charge in [0, 0.05) is 14.7 Å². The number of benzene rings is 1. The van der Waals surface area contributed by atoms with E-state index in [1.54, 1.807) is 6.07 Å². The third-order valence-corrected chi connectivity index (χ3v) is 2.59. The normalized spacial score (nSPS) is 10.8. The predicted octanol–water partition coefficient (Wildman–Crippen LogP) is 2.67. The number of fused-ring (bicyclic) bond motifs is 1. The second-order valence-corrected chi connectivity index (χ2v) is 3.93. The summed E-state index contributed by atoms with van der Waals surface area (Å²) >= 11 is 7.94. The molecule has 1 aromatic carbocycles. The van der Waals surface area contributed by atoms with Crippen LogP contribution in [0.4, 0.5) is 5.82 Å². The lowest BCUT2D eigenvalue weighted by molar-refractivity contribution is 0.460. The van der Waals surface area contributed by atoms with Gasteiger partial charge in [-0.25, -0.2) is 0 Å². The smallest absolute Gasteiger partial charge is 0.175 e. The fourth-order valence-corrected chi connectivity index (χ4v) is 2.28. The van der Waals surface area contributed by atoms with Crippen LogP contribution in [-0.2, 0) is 0 Å². The Bertz CT molecular complexity index is 440. The molecule has 1 heterocycles. The van der Waals surface area contributed by atoms with Crippen LogP contribution in [0.25, 0.3) is 11.0 Å². The molecule has 0 fully saturated rings. The van der Waals surface area contributed by atoms with Crippen molar-refractivity contribution in [3.8, 4) is 0 Å². The van der Waals surface area contributed by atoms with E-state index in [0.29, 0.717) is 16.4 Å². The van der Waals surface area contributed by atoms with Crippen molar-refractivity contribution < 1.29 is 4.52 Å². The van der Waals surface area contributed by atoms with E-state index in [1.165, 1.54) is 0 Å². The van der Waals surface area contributed by atoms with Gasteiger partial charge in [0.15, 0.2) is 11.4 Å². The van der Waals surface area contributed by atoms with Crippen molar-refractivity contribution in [1.29, 1.82) is 0 Å². The highest BCUT2D eigenvalue weighted by Gasteiger charge is 2.09. The molecular formula is C7H4ClIN2O. The largest absolute Gasteiger partial charge is 0.380 e. The first kappa shape index (κ1) is 8.12. The summed E-state index contributed by atoms with van der Waals surface area (Å²) in [5.41, 5.74) is 6.20. The summed E-state index contributed by atoms with van der Waals surface area (Å²) in [5.74, 6) is 0.408. The summed E-state index contributed by atoms with van der Waals surface area (Å²) < 4.78 is 5.90. The molecule has 2 N–H and O–H groups in total. The van der Waals surface area contributed by atoms with E-state index in [1.807, 2.05) is 6.07 Å². The van der Waals surface area contributed by atoms with Gasteiger partial charge in [-0.3, -0.25) is 0 Å². The van der Waals surface area contributed by atoms with Crippen molar-refractivity contribution in [2.24, 2.45) is 0 Å². The zero-order chi connectivity index (χ0) is 8.72. The van der Waals surface area contributed by atoms with Gasteiger partial charge in [-0.05, 0) is 28.7 Å². The average Bonchev–Trinajstić information content (AvgIpc) is 2.31. The molecule has 0 saturated carbocycles. The van der Waals surface area contributed by atoms with E-state index >= 15 is 0 Å². The van der Waals surface area contributed by atoms with Crippen molar-refractivity contribution in [3.63, 3.8) is 0 Å². The van der Waals surface area contributed by atoms with Crippen LogP contribution in [0.5, 0.6) is 0 Å². The lowest BCUT2D eigenvalue weighted by Gasteiger charge is -1.93. The van der Waals surface area contributed by atoms with Crippen LogP contribution in [-0.4, -0.2) is 5.16 Å². The molecule has 0 aliphatic rings. The van der Waals surface area contributed by atoms with E-state index in [4.69, 9.17) is 21.9 Å². The Hall–Kier alpha value is -0.490. The molecule has 0 saturated heterocycles. The summed E-state index contributed by atoms with van der Waals surface area (Å²) in [5, 5.41) is 5.10. The molecule has 5 heteroatoms. The number of rotatable bonds is 0. The Balaban J connectivity index is 2.93.